The number of thiazole rings is 1. The molecule has 29 heavy (non-hydrogen) atoms. The van der Waals surface area contributed by atoms with Crippen LogP contribution in [0.25, 0.3) is 21.1 Å². The van der Waals surface area contributed by atoms with E-state index in [4.69, 9.17) is 9.72 Å². The first-order chi connectivity index (χ1) is 14.1. The van der Waals surface area contributed by atoms with Gasteiger partial charge in [-0.2, -0.15) is 0 Å². The van der Waals surface area contributed by atoms with Gasteiger partial charge in [-0.25, -0.2) is 4.98 Å². The van der Waals surface area contributed by atoms with Gasteiger partial charge in [0.15, 0.2) is 0 Å². The number of hydrogen-bond acceptors (Lipinski definition) is 6. The summed E-state index contributed by atoms with van der Waals surface area (Å²) in [6, 6.07) is 20.6. The first-order valence-electron chi connectivity index (χ1n) is 9.26. The number of methoxy groups -OCH3 is 1. The molecule has 0 aliphatic carbocycles. The zero-order valence-corrected chi connectivity index (χ0v) is 18.2. The molecule has 4 nitrogen and oxygen atoms in total. The minimum atomic E-state index is 0.840. The zero-order chi connectivity index (χ0) is 20.2. The summed E-state index contributed by atoms with van der Waals surface area (Å²) in [6.07, 6.45) is 0. The molecule has 0 N–H and O–H groups in total. The van der Waals surface area contributed by atoms with Gasteiger partial charge in [-0.3, -0.25) is 0 Å². The van der Waals surface area contributed by atoms with Gasteiger partial charge in [0.2, 0.25) is 0 Å². The first kappa shape index (κ1) is 19.6. The second-order valence-electron chi connectivity index (χ2n) is 6.70. The summed E-state index contributed by atoms with van der Waals surface area (Å²) in [7, 11) is 1.67. The summed E-state index contributed by atoms with van der Waals surface area (Å²) >= 11 is 3.33. The topological polar surface area (TPSA) is 47.9 Å². The van der Waals surface area contributed by atoms with Crippen molar-refractivity contribution in [1.82, 2.24) is 15.2 Å². The van der Waals surface area contributed by atoms with Gasteiger partial charge in [-0.05, 0) is 55.8 Å². The Labute approximate surface area is 179 Å². The largest absolute Gasteiger partial charge is 0.497 e. The molecule has 146 valence electrons. The van der Waals surface area contributed by atoms with Gasteiger partial charge in [0.1, 0.15) is 21.5 Å². The lowest BCUT2D eigenvalue weighted by atomic mass is 10.2. The lowest BCUT2D eigenvalue weighted by Gasteiger charge is -2.03. The third-order valence-electron chi connectivity index (χ3n) is 4.48. The van der Waals surface area contributed by atoms with Gasteiger partial charge >= 0.3 is 0 Å². The molecule has 0 bridgehead atoms. The SMILES string of the molecule is COc1ccc(-c2nc(C)c(-c3ccc(SCc4cccc(C)c4)nn3)s2)cc1. The van der Waals surface area contributed by atoms with E-state index in [0.29, 0.717) is 0 Å². The average Bonchev–Trinajstić information content (AvgIpc) is 3.14. The number of aromatic nitrogens is 3. The van der Waals surface area contributed by atoms with Crippen LogP contribution in [0.2, 0.25) is 0 Å². The molecule has 0 amide bonds. The van der Waals surface area contributed by atoms with Crippen LogP contribution in [0.1, 0.15) is 16.8 Å². The van der Waals surface area contributed by atoms with E-state index >= 15 is 0 Å². The lowest BCUT2D eigenvalue weighted by molar-refractivity contribution is 0.415. The Morgan fingerprint density at radius 2 is 1.79 bits per heavy atom. The van der Waals surface area contributed by atoms with Crippen LogP contribution in [0.3, 0.4) is 0 Å². The first-order valence-corrected chi connectivity index (χ1v) is 11.1. The molecule has 0 spiro atoms. The van der Waals surface area contributed by atoms with Gasteiger partial charge < -0.3 is 4.74 Å². The van der Waals surface area contributed by atoms with Gasteiger partial charge in [-0.15, -0.1) is 21.5 Å². The number of thioether (sulfide) groups is 1. The van der Waals surface area contributed by atoms with E-state index in [1.54, 1.807) is 30.2 Å². The highest BCUT2D eigenvalue weighted by Gasteiger charge is 2.13. The maximum absolute atomic E-state index is 5.23. The van der Waals surface area contributed by atoms with Crippen molar-refractivity contribution in [3.63, 3.8) is 0 Å². The third-order valence-corrected chi connectivity index (χ3v) is 6.70. The van der Waals surface area contributed by atoms with E-state index in [0.717, 1.165) is 43.4 Å². The van der Waals surface area contributed by atoms with Crippen molar-refractivity contribution >= 4 is 23.1 Å². The summed E-state index contributed by atoms with van der Waals surface area (Å²) in [5.74, 6) is 1.73. The van der Waals surface area contributed by atoms with Crippen LogP contribution in [0.4, 0.5) is 0 Å². The molecule has 0 unspecified atom stereocenters. The van der Waals surface area contributed by atoms with E-state index in [1.807, 2.05) is 43.3 Å². The van der Waals surface area contributed by atoms with Crippen LogP contribution in [-0.4, -0.2) is 22.3 Å². The molecule has 0 radical (unpaired) electrons. The summed E-state index contributed by atoms with van der Waals surface area (Å²) in [5.41, 5.74) is 5.47. The predicted octanol–water partition coefficient (Wildman–Crippen LogP) is 6.18. The number of hydrogen-bond donors (Lipinski definition) is 0. The van der Waals surface area contributed by atoms with Crippen molar-refractivity contribution in [1.29, 1.82) is 0 Å². The highest BCUT2D eigenvalue weighted by atomic mass is 32.2. The van der Waals surface area contributed by atoms with Gasteiger partial charge in [0.05, 0.1) is 17.7 Å². The molecule has 2 aromatic heterocycles. The van der Waals surface area contributed by atoms with E-state index in [-0.39, 0.29) is 0 Å². The van der Waals surface area contributed by atoms with Crippen molar-refractivity contribution in [3.05, 3.63) is 77.5 Å². The average molecular weight is 420 g/mol. The number of nitrogens with zero attached hydrogens (tertiary/aromatic N) is 3. The minimum Gasteiger partial charge on any atom is -0.497 e. The van der Waals surface area contributed by atoms with Crippen molar-refractivity contribution < 1.29 is 4.74 Å². The number of rotatable bonds is 6. The molecule has 6 heteroatoms. The van der Waals surface area contributed by atoms with Crippen LogP contribution >= 0.6 is 23.1 Å². The van der Waals surface area contributed by atoms with E-state index in [9.17, 15) is 0 Å². The minimum absolute atomic E-state index is 0.840. The smallest absolute Gasteiger partial charge is 0.124 e. The van der Waals surface area contributed by atoms with Crippen molar-refractivity contribution in [3.8, 4) is 26.9 Å². The summed E-state index contributed by atoms with van der Waals surface area (Å²) < 4.78 is 5.23. The molecule has 2 aromatic carbocycles. The van der Waals surface area contributed by atoms with Crippen molar-refractivity contribution in [2.24, 2.45) is 0 Å². The van der Waals surface area contributed by atoms with Crippen LogP contribution in [0.5, 0.6) is 5.75 Å². The zero-order valence-electron chi connectivity index (χ0n) is 16.5. The summed E-state index contributed by atoms with van der Waals surface area (Å²) in [5, 5.41) is 10.8. The molecule has 0 saturated carbocycles. The number of benzene rings is 2. The summed E-state index contributed by atoms with van der Waals surface area (Å²) in [4.78, 5) is 5.78. The monoisotopic (exact) mass is 419 g/mol. The molecule has 0 saturated heterocycles. The fourth-order valence-electron chi connectivity index (χ4n) is 2.97. The number of aryl methyl sites for hydroxylation is 2. The fourth-order valence-corrected chi connectivity index (χ4v) is 4.76. The Balaban J connectivity index is 1.49. The lowest BCUT2D eigenvalue weighted by Crippen LogP contribution is -1.90. The van der Waals surface area contributed by atoms with Crippen LogP contribution in [-0.2, 0) is 5.75 Å². The van der Waals surface area contributed by atoms with Crippen LogP contribution in [0.15, 0.2) is 65.7 Å². The maximum Gasteiger partial charge on any atom is 0.124 e. The molecule has 4 aromatic rings. The molecule has 4 rings (SSSR count). The molecule has 2 heterocycles. The predicted molar refractivity (Wildman–Crippen MR) is 121 cm³/mol. The maximum atomic E-state index is 5.23. The molecule has 0 atom stereocenters. The van der Waals surface area contributed by atoms with Crippen LogP contribution < -0.4 is 4.74 Å². The Bertz CT molecular complexity index is 1110. The highest BCUT2D eigenvalue weighted by molar-refractivity contribution is 7.98. The Morgan fingerprint density at radius 3 is 2.48 bits per heavy atom. The standard InChI is InChI=1S/C23H21N3OS2/c1-15-5-4-6-17(13-15)14-28-21-12-11-20(25-26-21)22-16(2)24-23(29-22)18-7-9-19(27-3)10-8-18/h4-13H,14H2,1-3H3. The number of ether oxygens (including phenoxy) is 1. The van der Waals surface area contributed by atoms with Crippen molar-refractivity contribution in [2.45, 2.75) is 24.6 Å². The van der Waals surface area contributed by atoms with E-state index in [2.05, 4.69) is 41.4 Å². The normalized spacial score (nSPS) is 10.9. The highest BCUT2D eigenvalue weighted by Crippen LogP contribution is 2.35. The molecule has 0 aliphatic rings. The fraction of sp³-hybridized carbons (Fsp3) is 0.174. The van der Waals surface area contributed by atoms with Gasteiger partial charge in [0, 0.05) is 11.3 Å². The van der Waals surface area contributed by atoms with Gasteiger partial charge in [0.25, 0.3) is 0 Å². The van der Waals surface area contributed by atoms with Crippen LogP contribution in [0, 0.1) is 13.8 Å². The molecule has 0 fully saturated rings. The second kappa shape index (κ2) is 8.76. The molecular weight excluding hydrogens is 398 g/mol. The molecular formula is C23H21N3OS2. The summed E-state index contributed by atoms with van der Waals surface area (Å²) in [6.45, 7) is 4.13. The molecule has 0 aliphatic heterocycles. The Hall–Kier alpha value is -2.70. The van der Waals surface area contributed by atoms with Crippen molar-refractivity contribution in [2.75, 3.05) is 7.11 Å². The quantitative estimate of drug-likeness (QED) is 0.349. The Morgan fingerprint density at radius 1 is 0.966 bits per heavy atom. The second-order valence-corrected chi connectivity index (χ2v) is 8.69. The van der Waals surface area contributed by atoms with E-state index in [1.165, 1.54) is 11.1 Å². The Kier molecular flexibility index (Phi) is 5.92. The van der Waals surface area contributed by atoms with Gasteiger partial charge in [-0.1, -0.05) is 41.6 Å². The van der Waals surface area contributed by atoms with E-state index < -0.39 is 0 Å². The third kappa shape index (κ3) is 4.66.